The number of hydrogen-bond acceptors (Lipinski definition) is 2. The first-order valence-corrected chi connectivity index (χ1v) is 10.4. The van der Waals surface area contributed by atoms with Gasteiger partial charge in [0.1, 0.15) is 0 Å². The molecule has 0 aliphatic heterocycles. The third kappa shape index (κ3) is 3.56. The van der Waals surface area contributed by atoms with Gasteiger partial charge < -0.3 is 5.73 Å². The monoisotopic (exact) mass is 381 g/mol. The predicted molar refractivity (Wildman–Crippen MR) is 121 cm³/mol. The Labute approximate surface area is 171 Å². The van der Waals surface area contributed by atoms with Gasteiger partial charge in [0.2, 0.25) is 0 Å². The lowest BCUT2D eigenvalue weighted by molar-refractivity contribution is 0.893. The highest BCUT2D eigenvalue weighted by atomic mass is 32.2. The van der Waals surface area contributed by atoms with E-state index in [0.717, 1.165) is 11.4 Å². The zero-order chi connectivity index (χ0) is 19.2. The first kappa shape index (κ1) is 18.4. The Balaban J connectivity index is 1.89. The maximum absolute atomic E-state index is 6.25. The molecule has 2 heteroatoms. The number of rotatable bonds is 6. The van der Waals surface area contributed by atoms with Crippen LogP contribution in [0.4, 0.5) is 5.69 Å². The number of benzene rings is 4. The molecule has 4 rings (SSSR count). The molecule has 0 aliphatic carbocycles. The van der Waals surface area contributed by atoms with Crippen molar-refractivity contribution in [3.63, 3.8) is 0 Å². The number of hydrogen-bond donors (Lipinski definition) is 1. The molecule has 138 valence electrons. The van der Waals surface area contributed by atoms with Gasteiger partial charge in [-0.15, -0.1) is 11.8 Å². The Morgan fingerprint density at radius 1 is 0.536 bits per heavy atom. The molecule has 0 bridgehead atoms. The minimum atomic E-state index is -0.313. The fraction of sp³-hybridized carbons (Fsp3) is 0.0769. The molecule has 1 nitrogen and oxygen atoms in total. The molecule has 0 heterocycles. The number of nitrogen functional groups attached to an aromatic ring is 1. The fourth-order valence-corrected chi connectivity index (χ4v) is 5.16. The Hall–Kier alpha value is -2.97. The molecule has 28 heavy (non-hydrogen) atoms. The number of thioether (sulfide) groups is 1. The van der Waals surface area contributed by atoms with Crippen molar-refractivity contribution in [2.75, 3.05) is 5.73 Å². The lowest BCUT2D eigenvalue weighted by Gasteiger charge is -2.35. The summed E-state index contributed by atoms with van der Waals surface area (Å²) in [5.41, 5.74) is 12.1. The second-order valence-corrected chi connectivity index (χ2v) is 7.96. The fourth-order valence-electron chi connectivity index (χ4n) is 3.62. The molecule has 0 spiro atoms. The topological polar surface area (TPSA) is 26.0 Å². The van der Waals surface area contributed by atoms with Gasteiger partial charge in [0.15, 0.2) is 0 Å². The molecular formula is C26H23NS. The summed E-state index contributed by atoms with van der Waals surface area (Å²) in [5, 5.41) is 0. The van der Waals surface area contributed by atoms with Gasteiger partial charge in [-0.3, -0.25) is 0 Å². The van der Waals surface area contributed by atoms with E-state index in [4.69, 9.17) is 5.73 Å². The van der Waals surface area contributed by atoms with Gasteiger partial charge in [-0.1, -0.05) is 109 Å². The van der Waals surface area contributed by atoms with Crippen LogP contribution < -0.4 is 5.73 Å². The Morgan fingerprint density at radius 2 is 0.929 bits per heavy atom. The zero-order valence-electron chi connectivity index (χ0n) is 15.7. The smallest absolute Gasteiger partial charge is 0.0910 e. The summed E-state index contributed by atoms with van der Waals surface area (Å²) in [6, 6.07) is 40.4. The van der Waals surface area contributed by atoms with Gasteiger partial charge in [-0.05, 0) is 28.3 Å². The van der Waals surface area contributed by atoms with Gasteiger partial charge in [-0.25, -0.2) is 0 Å². The van der Waals surface area contributed by atoms with Crippen molar-refractivity contribution >= 4 is 17.4 Å². The van der Waals surface area contributed by atoms with Crippen molar-refractivity contribution in [2.24, 2.45) is 0 Å². The minimum Gasteiger partial charge on any atom is -0.398 e. The van der Waals surface area contributed by atoms with E-state index < -0.39 is 0 Å². The molecular weight excluding hydrogens is 358 g/mol. The maximum Gasteiger partial charge on any atom is 0.0910 e. The third-order valence-corrected chi connectivity index (χ3v) is 6.64. The van der Waals surface area contributed by atoms with Crippen LogP contribution in [0.1, 0.15) is 22.3 Å². The zero-order valence-corrected chi connectivity index (χ0v) is 16.5. The van der Waals surface area contributed by atoms with E-state index in [1.54, 1.807) is 0 Å². The van der Waals surface area contributed by atoms with E-state index in [1.807, 2.05) is 23.9 Å². The summed E-state index contributed by atoms with van der Waals surface area (Å²) >= 11 is 1.92. The molecule has 0 unspecified atom stereocenters. The van der Waals surface area contributed by atoms with Crippen molar-refractivity contribution in [3.05, 3.63) is 138 Å². The van der Waals surface area contributed by atoms with Crippen LogP contribution in [0.5, 0.6) is 0 Å². The molecule has 0 aliphatic rings. The summed E-state index contributed by atoms with van der Waals surface area (Å²) in [4.78, 5) is 0. The molecule has 0 atom stereocenters. The average Bonchev–Trinajstić information content (AvgIpc) is 2.78. The Kier molecular flexibility index (Phi) is 5.50. The lowest BCUT2D eigenvalue weighted by Crippen LogP contribution is -2.25. The summed E-state index contributed by atoms with van der Waals surface area (Å²) in [7, 11) is 0. The van der Waals surface area contributed by atoms with Crippen molar-refractivity contribution in [2.45, 2.75) is 10.5 Å². The van der Waals surface area contributed by atoms with Gasteiger partial charge in [0.05, 0.1) is 4.75 Å². The van der Waals surface area contributed by atoms with E-state index in [2.05, 4.69) is 103 Å². The van der Waals surface area contributed by atoms with Gasteiger partial charge >= 0.3 is 0 Å². The van der Waals surface area contributed by atoms with E-state index in [1.165, 1.54) is 22.3 Å². The molecule has 0 amide bonds. The Bertz CT molecular complexity index is 917. The normalized spacial score (nSPS) is 11.3. The summed E-state index contributed by atoms with van der Waals surface area (Å²) in [5.74, 6) is 0.825. The van der Waals surface area contributed by atoms with Crippen molar-refractivity contribution in [3.8, 4) is 0 Å². The largest absolute Gasteiger partial charge is 0.398 e. The summed E-state index contributed by atoms with van der Waals surface area (Å²) in [6.07, 6.45) is 0. The molecule has 0 radical (unpaired) electrons. The molecule has 0 aromatic heterocycles. The van der Waals surface area contributed by atoms with Crippen LogP contribution in [0.25, 0.3) is 0 Å². The van der Waals surface area contributed by atoms with E-state index in [-0.39, 0.29) is 4.75 Å². The molecule has 4 aromatic rings. The highest BCUT2D eigenvalue weighted by Gasteiger charge is 2.36. The predicted octanol–water partition coefficient (Wildman–Crippen LogP) is 6.49. The van der Waals surface area contributed by atoms with Crippen LogP contribution >= 0.6 is 11.8 Å². The van der Waals surface area contributed by atoms with Crippen LogP contribution in [0.2, 0.25) is 0 Å². The highest BCUT2D eigenvalue weighted by Crippen LogP contribution is 2.49. The first-order chi connectivity index (χ1) is 13.8. The van der Waals surface area contributed by atoms with Crippen LogP contribution in [0, 0.1) is 0 Å². The molecule has 0 fully saturated rings. The molecule has 0 saturated heterocycles. The quantitative estimate of drug-likeness (QED) is 0.305. The first-order valence-electron chi connectivity index (χ1n) is 9.44. The third-order valence-electron chi connectivity index (χ3n) is 5.04. The number of nitrogens with two attached hydrogens (primary N) is 1. The van der Waals surface area contributed by atoms with E-state index in [9.17, 15) is 0 Å². The summed E-state index contributed by atoms with van der Waals surface area (Å²) < 4.78 is -0.313. The second kappa shape index (κ2) is 8.37. The summed E-state index contributed by atoms with van der Waals surface area (Å²) in [6.45, 7) is 0. The lowest BCUT2D eigenvalue weighted by atomic mass is 9.84. The second-order valence-electron chi connectivity index (χ2n) is 6.77. The SMILES string of the molecule is Nc1ccccc1CSC(c1ccccc1)(c1ccccc1)c1ccccc1. The van der Waals surface area contributed by atoms with Crippen LogP contribution in [0.15, 0.2) is 115 Å². The average molecular weight is 382 g/mol. The van der Waals surface area contributed by atoms with Gasteiger partial charge in [0.25, 0.3) is 0 Å². The van der Waals surface area contributed by atoms with Crippen molar-refractivity contribution in [1.29, 1.82) is 0 Å². The highest BCUT2D eigenvalue weighted by molar-refractivity contribution is 7.99. The number of para-hydroxylation sites is 1. The van der Waals surface area contributed by atoms with Crippen molar-refractivity contribution in [1.82, 2.24) is 0 Å². The van der Waals surface area contributed by atoms with Crippen molar-refractivity contribution < 1.29 is 0 Å². The number of anilines is 1. The standard InChI is InChI=1S/C26H23NS/c27-25-19-11-10-12-21(25)20-28-26(22-13-4-1-5-14-22,23-15-6-2-7-16-23)24-17-8-3-9-18-24/h1-19H,20,27H2. The van der Waals surface area contributed by atoms with Crippen LogP contribution in [0.3, 0.4) is 0 Å². The van der Waals surface area contributed by atoms with Crippen LogP contribution in [-0.2, 0) is 10.5 Å². The Morgan fingerprint density at radius 3 is 1.36 bits per heavy atom. The van der Waals surface area contributed by atoms with Gasteiger partial charge in [-0.2, -0.15) is 0 Å². The van der Waals surface area contributed by atoms with Crippen LogP contribution in [-0.4, -0.2) is 0 Å². The molecule has 0 saturated carbocycles. The van der Waals surface area contributed by atoms with E-state index >= 15 is 0 Å². The maximum atomic E-state index is 6.25. The van der Waals surface area contributed by atoms with Gasteiger partial charge in [0, 0.05) is 11.4 Å². The molecule has 4 aromatic carbocycles. The minimum absolute atomic E-state index is 0.313. The van der Waals surface area contributed by atoms with E-state index in [0.29, 0.717) is 0 Å². The molecule has 2 N–H and O–H groups in total.